The maximum atomic E-state index is 5.61. The van der Waals surface area contributed by atoms with Crippen molar-refractivity contribution < 1.29 is 4.74 Å². The van der Waals surface area contributed by atoms with Crippen molar-refractivity contribution in [1.29, 1.82) is 0 Å². The number of methoxy groups -OCH3 is 1. The maximum Gasteiger partial charge on any atom is 0.128 e. The van der Waals surface area contributed by atoms with Crippen LogP contribution in [-0.4, -0.2) is 26.7 Å². The van der Waals surface area contributed by atoms with Crippen LogP contribution in [0.1, 0.15) is 19.4 Å². The summed E-state index contributed by atoms with van der Waals surface area (Å²) < 4.78 is 5.41. The normalized spacial score (nSPS) is 10.1. The lowest BCUT2D eigenvalue weighted by Gasteiger charge is -2.22. The number of ether oxygens (including phenoxy) is 1. The Morgan fingerprint density at radius 1 is 1.35 bits per heavy atom. The lowest BCUT2D eigenvalue weighted by atomic mass is 10.1. The van der Waals surface area contributed by atoms with E-state index in [4.69, 9.17) is 10.5 Å². The summed E-state index contributed by atoms with van der Waals surface area (Å²) in [5.41, 5.74) is 8.67. The fraction of sp³-hybridized carbons (Fsp3) is 0.429. The zero-order valence-corrected chi connectivity index (χ0v) is 11.0. The Bertz CT molecular complexity index is 384. The molecule has 0 radical (unpaired) electrons. The molecular weight excluding hydrogens is 212 g/mol. The first kappa shape index (κ1) is 13.6. The Hall–Kier alpha value is -1.48. The molecule has 17 heavy (non-hydrogen) atoms. The molecule has 94 valence electrons. The van der Waals surface area contributed by atoms with Gasteiger partial charge in [0, 0.05) is 37.0 Å². The lowest BCUT2D eigenvalue weighted by molar-refractivity contribution is 0.413. The Morgan fingerprint density at radius 3 is 2.47 bits per heavy atom. The summed E-state index contributed by atoms with van der Waals surface area (Å²) in [4.78, 5) is 2.28. The summed E-state index contributed by atoms with van der Waals surface area (Å²) in [5.74, 6) is 0.838. The molecular formula is C14H22N2O. The van der Waals surface area contributed by atoms with Crippen LogP contribution in [0.3, 0.4) is 0 Å². The second-order valence-electron chi connectivity index (χ2n) is 3.86. The molecule has 0 atom stereocenters. The molecule has 0 fully saturated rings. The van der Waals surface area contributed by atoms with Crippen molar-refractivity contribution in [3.8, 4) is 5.75 Å². The summed E-state index contributed by atoms with van der Waals surface area (Å²) in [6.45, 7) is 10.6. The molecule has 0 aliphatic rings. The molecule has 0 saturated heterocycles. The fourth-order valence-corrected chi connectivity index (χ4v) is 1.87. The van der Waals surface area contributed by atoms with Gasteiger partial charge in [-0.1, -0.05) is 6.58 Å². The van der Waals surface area contributed by atoms with Gasteiger partial charge in [0.25, 0.3) is 0 Å². The Balaban J connectivity index is 3.12. The Morgan fingerprint density at radius 2 is 2.00 bits per heavy atom. The topological polar surface area (TPSA) is 38.5 Å². The first-order chi connectivity index (χ1) is 8.17. The van der Waals surface area contributed by atoms with Crippen LogP contribution >= 0.6 is 0 Å². The first-order valence-corrected chi connectivity index (χ1v) is 5.99. The molecule has 0 heterocycles. The Kier molecular flexibility index (Phi) is 5.04. The van der Waals surface area contributed by atoms with E-state index in [2.05, 4.69) is 31.4 Å². The Labute approximate surface area is 104 Å². The van der Waals surface area contributed by atoms with E-state index in [0.29, 0.717) is 6.54 Å². The van der Waals surface area contributed by atoms with Gasteiger partial charge in [0.05, 0.1) is 7.11 Å². The third kappa shape index (κ3) is 3.01. The van der Waals surface area contributed by atoms with Crippen LogP contribution < -0.4 is 15.4 Å². The van der Waals surface area contributed by atoms with Crippen molar-refractivity contribution in [2.24, 2.45) is 5.73 Å². The maximum absolute atomic E-state index is 5.61. The van der Waals surface area contributed by atoms with Gasteiger partial charge in [-0.05, 0) is 31.6 Å². The summed E-state index contributed by atoms with van der Waals surface area (Å²) in [5, 5.41) is 0. The van der Waals surface area contributed by atoms with Crippen LogP contribution in [-0.2, 0) is 0 Å². The van der Waals surface area contributed by atoms with Crippen molar-refractivity contribution in [3.63, 3.8) is 0 Å². The number of rotatable bonds is 6. The molecule has 1 aromatic rings. The third-order valence-corrected chi connectivity index (χ3v) is 2.94. The zero-order valence-electron chi connectivity index (χ0n) is 11.0. The van der Waals surface area contributed by atoms with Gasteiger partial charge in [-0.25, -0.2) is 0 Å². The van der Waals surface area contributed by atoms with E-state index in [0.717, 1.165) is 30.0 Å². The van der Waals surface area contributed by atoms with E-state index >= 15 is 0 Å². The highest BCUT2D eigenvalue weighted by Crippen LogP contribution is 2.29. The summed E-state index contributed by atoms with van der Waals surface area (Å²) in [6.07, 6.45) is 0. The molecule has 3 nitrogen and oxygen atoms in total. The summed E-state index contributed by atoms with van der Waals surface area (Å²) in [6, 6.07) is 6.16. The molecule has 1 rings (SSSR count). The van der Waals surface area contributed by atoms with Crippen molar-refractivity contribution >= 4 is 11.3 Å². The van der Waals surface area contributed by atoms with Gasteiger partial charge in [-0.2, -0.15) is 0 Å². The fourth-order valence-electron chi connectivity index (χ4n) is 1.87. The molecule has 0 amide bonds. The number of hydrogen-bond acceptors (Lipinski definition) is 3. The molecule has 0 aliphatic carbocycles. The van der Waals surface area contributed by atoms with Crippen molar-refractivity contribution in [3.05, 3.63) is 30.3 Å². The quantitative estimate of drug-likeness (QED) is 0.822. The SMILES string of the molecule is C=C(CN)c1ccc(N(CC)CC)cc1OC. The number of nitrogens with zero attached hydrogens (tertiary/aromatic N) is 1. The molecule has 0 bridgehead atoms. The monoisotopic (exact) mass is 234 g/mol. The van der Waals surface area contributed by atoms with Crippen LogP contribution in [0.4, 0.5) is 5.69 Å². The van der Waals surface area contributed by atoms with Crippen LogP contribution in [0.25, 0.3) is 5.57 Å². The highest BCUT2D eigenvalue weighted by molar-refractivity contribution is 5.72. The predicted molar refractivity (Wildman–Crippen MR) is 74.6 cm³/mol. The second-order valence-corrected chi connectivity index (χ2v) is 3.86. The van der Waals surface area contributed by atoms with Gasteiger partial charge in [0.2, 0.25) is 0 Å². The van der Waals surface area contributed by atoms with E-state index in [9.17, 15) is 0 Å². The first-order valence-electron chi connectivity index (χ1n) is 5.99. The molecule has 3 heteroatoms. The minimum absolute atomic E-state index is 0.445. The van der Waals surface area contributed by atoms with E-state index in [1.807, 2.05) is 12.1 Å². The summed E-state index contributed by atoms with van der Waals surface area (Å²) >= 11 is 0. The molecule has 0 unspecified atom stereocenters. The standard InChI is InChI=1S/C14H22N2O/c1-5-16(6-2)12-7-8-13(11(3)10-15)14(9-12)17-4/h7-9H,3,5-6,10,15H2,1-2,4H3. The van der Waals surface area contributed by atoms with Gasteiger partial charge in [0.1, 0.15) is 5.75 Å². The van der Waals surface area contributed by atoms with E-state index < -0.39 is 0 Å². The largest absolute Gasteiger partial charge is 0.496 e. The number of benzene rings is 1. The van der Waals surface area contributed by atoms with Crippen LogP contribution in [0.15, 0.2) is 24.8 Å². The molecule has 0 saturated carbocycles. The molecule has 0 aliphatic heterocycles. The molecule has 0 spiro atoms. The van der Waals surface area contributed by atoms with E-state index in [1.165, 1.54) is 5.69 Å². The van der Waals surface area contributed by atoms with Crippen LogP contribution in [0.2, 0.25) is 0 Å². The van der Waals surface area contributed by atoms with Gasteiger partial charge < -0.3 is 15.4 Å². The highest BCUT2D eigenvalue weighted by Gasteiger charge is 2.09. The average Bonchev–Trinajstić information content (AvgIpc) is 2.39. The van der Waals surface area contributed by atoms with Crippen molar-refractivity contribution in [1.82, 2.24) is 0 Å². The van der Waals surface area contributed by atoms with Gasteiger partial charge in [0.15, 0.2) is 0 Å². The molecule has 2 N–H and O–H groups in total. The highest BCUT2D eigenvalue weighted by atomic mass is 16.5. The third-order valence-electron chi connectivity index (χ3n) is 2.94. The summed E-state index contributed by atoms with van der Waals surface area (Å²) in [7, 11) is 1.68. The minimum Gasteiger partial charge on any atom is -0.496 e. The van der Waals surface area contributed by atoms with Crippen LogP contribution in [0, 0.1) is 0 Å². The predicted octanol–water partition coefficient (Wildman–Crippen LogP) is 2.51. The zero-order chi connectivity index (χ0) is 12.8. The number of anilines is 1. The smallest absolute Gasteiger partial charge is 0.128 e. The molecule has 1 aromatic carbocycles. The lowest BCUT2D eigenvalue weighted by Crippen LogP contribution is -2.21. The average molecular weight is 234 g/mol. The van der Waals surface area contributed by atoms with E-state index in [-0.39, 0.29) is 0 Å². The minimum atomic E-state index is 0.445. The second kappa shape index (κ2) is 6.30. The number of hydrogen-bond donors (Lipinski definition) is 1. The van der Waals surface area contributed by atoms with E-state index in [1.54, 1.807) is 7.11 Å². The van der Waals surface area contributed by atoms with Crippen molar-refractivity contribution in [2.75, 3.05) is 31.6 Å². The van der Waals surface area contributed by atoms with Gasteiger partial charge in [-0.15, -0.1) is 0 Å². The van der Waals surface area contributed by atoms with Gasteiger partial charge in [-0.3, -0.25) is 0 Å². The molecule has 0 aromatic heterocycles. The van der Waals surface area contributed by atoms with Crippen LogP contribution in [0.5, 0.6) is 5.75 Å². The number of nitrogens with two attached hydrogens (primary N) is 1. The van der Waals surface area contributed by atoms with Crippen molar-refractivity contribution in [2.45, 2.75) is 13.8 Å². The van der Waals surface area contributed by atoms with Gasteiger partial charge >= 0.3 is 0 Å².